The van der Waals surface area contributed by atoms with Crippen LogP contribution in [0.15, 0.2) is 12.3 Å². The van der Waals surface area contributed by atoms with Crippen LogP contribution in [0.2, 0.25) is 0 Å². The quantitative estimate of drug-likeness (QED) is 0.518. The highest BCUT2D eigenvalue weighted by atomic mass is 127. The summed E-state index contributed by atoms with van der Waals surface area (Å²) in [5, 5.41) is 0. The van der Waals surface area contributed by atoms with Gasteiger partial charge in [0.25, 0.3) is 0 Å². The standard InChI is InChI=1S/C5H2FI2N/c6-4-1-3(7)2-9-5(4)8/h1-2H. The summed E-state index contributed by atoms with van der Waals surface area (Å²) >= 11 is 3.87. The second kappa shape index (κ2) is 3.09. The number of aromatic nitrogens is 1. The molecule has 0 aliphatic rings. The Balaban J connectivity index is 3.17. The fraction of sp³-hybridized carbons (Fsp3) is 0. The highest BCUT2D eigenvalue weighted by molar-refractivity contribution is 14.1. The number of hydrogen-bond donors (Lipinski definition) is 0. The van der Waals surface area contributed by atoms with E-state index in [1.807, 2.05) is 45.2 Å². The van der Waals surface area contributed by atoms with Crippen molar-refractivity contribution >= 4 is 45.2 Å². The predicted octanol–water partition coefficient (Wildman–Crippen LogP) is 2.43. The van der Waals surface area contributed by atoms with Gasteiger partial charge in [-0.25, -0.2) is 9.37 Å². The summed E-state index contributed by atoms with van der Waals surface area (Å²) in [4.78, 5) is 3.78. The Bertz CT molecular complexity index is 226. The smallest absolute Gasteiger partial charge is 0.156 e. The van der Waals surface area contributed by atoms with Crippen LogP contribution in [0.1, 0.15) is 0 Å². The molecule has 0 fully saturated rings. The molecule has 1 aromatic rings. The molecule has 1 aromatic heterocycles. The molecule has 0 unspecified atom stereocenters. The Morgan fingerprint density at radius 3 is 2.56 bits per heavy atom. The van der Waals surface area contributed by atoms with Gasteiger partial charge in [-0.1, -0.05) is 0 Å². The van der Waals surface area contributed by atoms with E-state index in [2.05, 4.69) is 4.98 Å². The predicted molar refractivity (Wildman–Crippen MR) is 49.6 cm³/mol. The van der Waals surface area contributed by atoms with Crippen LogP contribution in [-0.4, -0.2) is 4.98 Å². The van der Waals surface area contributed by atoms with Crippen LogP contribution in [0.5, 0.6) is 0 Å². The molecule has 9 heavy (non-hydrogen) atoms. The zero-order valence-corrected chi connectivity index (χ0v) is 8.55. The summed E-state index contributed by atoms with van der Waals surface area (Å²) in [5.74, 6) is -0.248. The molecule has 0 aliphatic heterocycles. The van der Waals surface area contributed by atoms with Crippen molar-refractivity contribution in [1.29, 1.82) is 0 Å². The zero-order chi connectivity index (χ0) is 6.85. The van der Waals surface area contributed by atoms with E-state index < -0.39 is 0 Å². The molecule has 0 N–H and O–H groups in total. The lowest BCUT2D eigenvalue weighted by Gasteiger charge is -1.91. The van der Waals surface area contributed by atoms with E-state index in [4.69, 9.17) is 0 Å². The van der Waals surface area contributed by atoms with E-state index in [0.717, 1.165) is 3.57 Å². The fourth-order valence-corrected chi connectivity index (χ4v) is 1.11. The molecule has 48 valence electrons. The summed E-state index contributed by atoms with van der Waals surface area (Å²) in [5.41, 5.74) is 0. The number of nitrogens with zero attached hydrogens (tertiary/aromatic N) is 1. The first-order valence-corrected chi connectivity index (χ1v) is 4.32. The molecule has 1 nitrogen and oxygen atoms in total. The summed E-state index contributed by atoms with van der Waals surface area (Å²) in [6, 6.07) is 1.45. The molecule has 0 atom stereocenters. The Labute approximate surface area is 79.3 Å². The van der Waals surface area contributed by atoms with E-state index in [9.17, 15) is 4.39 Å². The lowest BCUT2D eigenvalue weighted by atomic mass is 10.5. The summed E-state index contributed by atoms with van der Waals surface area (Å²) in [7, 11) is 0. The van der Waals surface area contributed by atoms with E-state index in [1.54, 1.807) is 6.20 Å². The normalized spacial score (nSPS) is 9.67. The second-order valence-electron chi connectivity index (χ2n) is 1.43. The monoisotopic (exact) mass is 349 g/mol. The fourth-order valence-electron chi connectivity index (χ4n) is 0.398. The van der Waals surface area contributed by atoms with E-state index in [-0.39, 0.29) is 5.82 Å². The lowest BCUT2D eigenvalue weighted by Crippen LogP contribution is -1.86. The van der Waals surface area contributed by atoms with Gasteiger partial charge in [0.2, 0.25) is 0 Å². The van der Waals surface area contributed by atoms with Crippen molar-refractivity contribution < 1.29 is 4.39 Å². The number of rotatable bonds is 0. The zero-order valence-electron chi connectivity index (χ0n) is 4.24. The SMILES string of the molecule is Fc1cc(I)cnc1I. The minimum Gasteiger partial charge on any atom is -0.246 e. The average Bonchev–Trinajstić information content (AvgIpc) is 1.80. The minimum atomic E-state index is -0.248. The van der Waals surface area contributed by atoms with Gasteiger partial charge in [-0.15, -0.1) is 0 Å². The molecule has 1 rings (SSSR count). The third-order valence-corrected chi connectivity index (χ3v) is 2.15. The van der Waals surface area contributed by atoms with Gasteiger partial charge in [-0.05, 0) is 51.2 Å². The van der Waals surface area contributed by atoms with Crippen molar-refractivity contribution in [3.8, 4) is 0 Å². The van der Waals surface area contributed by atoms with Gasteiger partial charge < -0.3 is 0 Å². The molecular weight excluding hydrogens is 347 g/mol. The van der Waals surface area contributed by atoms with E-state index >= 15 is 0 Å². The number of pyridine rings is 1. The Morgan fingerprint density at radius 1 is 1.44 bits per heavy atom. The van der Waals surface area contributed by atoms with Crippen molar-refractivity contribution in [1.82, 2.24) is 4.98 Å². The first-order valence-electron chi connectivity index (χ1n) is 2.16. The third kappa shape index (κ3) is 1.99. The van der Waals surface area contributed by atoms with Crippen LogP contribution in [0.4, 0.5) is 4.39 Å². The maximum absolute atomic E-state index is 12.5. The summed E-state index contributed by atoms with van der Waals surface area (Å²) in [6.45, 7) is 0. The first-order chi connectivity index (χ1) is 4.20. The highest BCUT2D eigenvalue weighted by Gasteiger charge is 1.97. The minimum absolute atomic E-state index is 0.248. The van der Waals surface area contributed by atoms with Crippen LogP contribution in [0, 0.1) is 13.1 Å². The van der Waals surface area contributed by atoms with Gasteiger partial charge in [0.1, 0.15) is 3.70 Å². The number of hydrogen-bond acceptors (Lipinski definition) is 1. The van der Waals surface area contributed by atoms with Crippen molar-refractivity contribution in [3.05, 3.63) is 25.4 Å². The van der Waals surface area contributed by atoms with Crippen LogP contribution in [0.25, 0.3) is 0 Å². The second-order valence-corrected chi connectivity index (χ2v) is 3.69. The molecule has 0 saturated heterocycles. The maximum atomic E-state index is 12.5. The van der Waals surface area contributed by atoms with Gasteiger partial charge in [-0.2, -0.15) is 0 Å². The van der Waals surface area contributed by atoms with Crippen LogP contribution < -0.4 is 0 Å². The molecular formula is C5H2FI2N. The molecule has 4 heteroatoms. The topological polar surface area (TPSA) is 12.9 Å². The summed E-state index contributed by atoms with van der Waals surface area (Å²) in [6.07, 6.45) is 1.63. The van der Waals surface area contributed by atoms with Gasteiger partial charge in [0, 0.05) is 9.77 Å². The molecule has 0 aliphatic carbocycles. The molecule has 0 saturated carbocycles. The van der Waals surface area contributed by atoms with Crippen molar-refractivity contribution in [3.63, 3.8) is 0 Å². The van der Waals surface area contributed by atoms with Crippen molar-refractivity contribution in [2.45, 2.75) is 0 Å². The number of halogens is 3. The molecule has 0 bridgehead atoms. The average molecular weight is 349 g/mol. The van der Waals surface area contributed by atoms with Gasteiger partial charge in [-0.3, -0.25) is 0 Å². The van der Waals surface area contributed by atoms with Crippen LogP contribution in [0.3, 0.4) is 0 Å². The Kier molecular flexibility index (Phi) is 2.62. The molecule has 0 aromatic carbocycles. The molecule has 0 amide bonds. The maximum Gasteiger partial charge on any atom is 0.156 e. The van der Waals surface area contributed by atoms with Crippen LogP contribution >= 0.6 is 45.2 Å². The summed E-state index contributed by atoms with van der Waals surface area (Å²) < 4.78 is 13.8. The van der Waals surface area contributed by atoms with Crippen molar-refractivity contribution in [2.75, 3.05) is 0 Å². The third-order valence-electron chi connectivity index (χ3n) is 0.763. The van der Waals surface area contributed by atoms with Crippen molar-refractivity contribution in [2.24, 2.45) is 0 Å². The largest absolute Gasteiger partial charge is 0.246 e. The highest BCUT2D eigenvalue weighted by Crippen LogP contribution is 2.10. The Morgan fingerprint density at radius 2 is 2.11 bits per heavy atom. The molecule has 0 radical (unpaired) electrons. The molecule has 1 heterocycles. The van der Waals surface area contributed by atoms with E-state index in [1.165, 1.54) is 6.07 Å². The van der Waals surface area contributed by atoms with E-state index in [0.29, 0.717) is 3.70 Å². The van der Waals surface area contributed by atoms with Gasteiger partial charge in [0.15, 0.2) is 5.82 Å². The lowest BCUT2D eigenvalue weighted by molar-refractivity contribution is 0.610. The first kappa shape index (κ1) is 7.64. The van der Waals surface area contributed by atoms with Crippen LogP contribution in [-0.2, 0) is 0 Å². The van der Waals surface area contributed by atoms with Gasteiger partial charge in [0.05, 0.1) is 0 Å². The Hall–Kier alpha value is 0.540. The molecule has 0 spiro atoms. The van der Waals surface area contributed by atoms with Gasteiger partial charge >= 0.3 is 0 Å².